The van der Waals surface area contributed by atoms with Gasteiger partial charge in [-0.3, -0.25) is 9.79 Å². The van der Waals surface area contributed by atoms with Gasteiger partial charge >= 0.3 is 0 Å². The number of carbonyl (C=O) groups excluding carboxylic acids is 1. The van der Waals surface area contributed by atoms with Crippen LogP contribution in [0.25, 0.3) is 0 Å². The van der Waals surface area contributed by atoms with E-state index in [1.165, 1.54) is 0 Å². The Balaban J connectivity index is 1.85. The van der Waals surface area contributed by atoms with E-state index in [4.69, 9.17) is 4.99 Å². The first-order valence-electron chi connectivity index (χ1n) is 8.78. The number of halogens is 1. The second-order valence-corrected chi connectivity index (χ2v) is 7.50. The Labute approximate surface area is 157 Å². The molecule has 1 heterocycles. The summed E-state index contributed by atoms with van der Waals surface area (Å²) in [4.78, 5) is 19.7. The number of Topliss-reactive ketones (excluding diaryl/α,β-unsaturated/α-hetero) is 1. The Morgan fingerprint density at radius 3 is 2.56 bits per heavy atom. The number of hydrogen-bond acceptors (Lipinski definition) is 3. The average Bonchev–Trinajstić information content (AvgIpc) is 2.85. The number of carbonyl (C=O) groups is 1. The molecule has 1 aliphatic rings. The lowest BCUT2D eigenvalue weighted by atomic mass is 10.0. The van der Waals surface area contributed by atoms with E-state index in [1.54, 1.807) is 0 Å². The van der Waals surface area contributed by atoms with Crippen LogP contribution >= 0.6 is 15.9 Å². The van der Waals surface area contributed by atoms with Gasteiger partial charge in [0.05, 0.1) is 6.54 Å². The molecule has 4 heteroatoms. The van der Waals surface area contributed by atoms with Crippen LogP contribution in [0, 0.1) is 5.92 Å². The fourth-order valence-electron chi connectivity index (χ4n) is 3.04. The monoisotopic (exact) mass is 398 g/mol. The molecule has 0 saturated carbocycles. The van der Waals surface area contributed by atoms with Gasteiger partial charge in [-0.1, -0.05) is 53.2 Å². The maximum Gasteiger partial charge on any atom is 0.182 e. The molecule has 2 aromatic carbocycles. The van der Waals surface area contributed by atoms with Crippen molar-refractivity contribution in [3.05, 3.63) is 64.6 Å². The Hall–Kier alpha value is -1.94. The minimum atomic E-state index is 0.108. The Bertz CT molecular complexity index is 740. The average molecular weight is 399 g/mol. The van der Waals surface area contributed by atoms with Crippen molar-refractivity contribution in [1.29, 1.82) is 0 Å². The highest BCUT2D eigenvalue weighted by molar-refractivity contribution is 9.10. The molecule has 0 N–H and O–H groups in total. The molecule has 0 aliphatic carbocycles. The molecule has 25 heavy (non-hydrogen) atoms. The van der Waals surface area contributed by atoms with Gasteiger partial charge < -0.3 is 4.90 Å². The van der Waals surface area contributed by atoms with Crippen LogP contribution < -0.4 is 4.90 Å². The van der Waals surface area contributed by atoms with Crippen molar-refractivity contribution in [2.75, 3.05) is 18.0 Å². The van der Waals surface area contributed by atoms with Crippen molar-refractivity contribution in [3.63, 3.8) is 0 Å². The van der Waals surface area contributed by atoms with Crippen LogP contribution in [0.15, 0.2) is 64.1 Å². The second kappa shape index (κ2) is 8.43. The summed E-state index contributed by atoms with van der Waals surface area (Å²) < 4.78 is 0.978. The molecule has 130 valence electrons. The van der Waals surface area contributed by atoms with E-state index in [9.17, 15) is 4.79 Å². The van der Waals surface area contributed by atoms with E-state index >= 15 is 0 Å². The highest BCUT2D eigenvalue weighted by Crippen LogP contribution is 2.22. The zero-order chi connectivity index (χ0) is 17.6. The van der Waals surface area contributed by atoms with Crippen LogP contribution in [0.3, 0.4) is 0 Å². The van der Waals surface area contributed by atoms with Crippen molar-refractivity contribution in [2.24, 2.45) is 10.9 Å². The van der Waals surface area contributed by atoms with Crippen LogP contribution in [-0.2, 0) is 0 Å². The van der Waals surface area contributed by atoms with E-state index in [2.05, 4.69) is 27.8 Å². The summed E-state index contributed by atoms with van der Waals surface area (Å²) in [5.74, 6) is 1.82. The van der Waals surface area contributed by atoms with Gasteiger partial charge in [0, 0.05) is 28.7 Å². The Morgan fingerprint density at radius 2 is 1.84 bits per heavy atom. The fraction of sp³-hybridized carbons (Fsp3) is 0.333. The van der Waals surface area contributed by atoms with Crippen molar-refractivity contribution in [3.8, 4) is 0 Å². The van der Waals surface area contributed by atoms with Crippen molar-refractivity contribution < 1.29 is 4.79 Å². The molecule has 1 atom stereocenters. The Morgan fingerprint density at radius 1 is 1.12 bits per heavy atom. The van der Waals surface area contributed by atoms with Crippen molar-refractivity contribution >= 4 is 33.2 Å². The van der Waals surface area contributed by atoms with Crippen LogP contribution in [0.2, 0.25) is 0 Å². The highest BCUT2D eigenvalue weighted by atomic mass is 79.9. The quantitative estimate of drug-likeness (QED) is 0.649. The number of ketones is 1. The van der Waals surface area contributed by atoms with Crippen molar-refractivity contribution in [2.45, 2.75) is 26.2 Å². The molecular formula is C21H23BrN2O. The van der Waals surface area contributed by atoms with Gasteiger partial charge in [-0.15, -0.1) is 0 Å². The molecule has 0 radical (unpaired) electrons. The molecule has 1 unspecified atom stereocenters. The summed E-state index contributed by atoms with van der Waals surface area (Å²) in [6.45, 7) is 3.43. The molecular weight excluding hydrogens is 376 g/mol. The Kier molecular flexibility index (Phi) is 6.03. The van der Waals surface area contributed by atoms with E-state index in [0.29, 0.717) is 12.5 Å². The molecule has 0 bridgehead atoms. The molecule has 0 amide bonds. The lowest BCUT2D eigenvalue weighted by molar-refractivity contribution is 0.100. The molecule has 0 aromatic heterocycles. The van der Waals surface area contributed by atoms with Gasteiger partial charge in [0.1, 0.15) is 5.84 Å². The predicted molar refractivity (Wildman–Crippen MR) is 108 cm³/mol. The lowest BCUT2D eigenvalue weighted by Crippen LogP contribution is -2.36. The maximum atomic E-state index is 12.8. The summed E-state index contributed by atoms with van der Waals surface area (Å²) in [7, 11) is 0. The molecule has 0 spiro atoms. The number of para-hydroxylation sites is 1. The van der Waals surface area contributed by atoms with E-state index in [-0.39, 0.29) is 5.78 Å². The molecule has 2 aromatic rings. The first kappa shape index (κ1) is 17.9. The van der Waals surface area contributed by atoms with Gasteiger partial charge in [0.25, 0.3) is 0 Å². The molecule has 0 fully saturated rings. The first-order valence-corrected chi connectivity index (χ1v) is 9.57. The van der Waals surface area contributed by atoms with E-state index in [0.717, 1.165) is 47.4 Å². The third-order valence-electron chi connectivity index (χ3n) is 4.62. The molecule has 3 rings (SSSR count). The van der Waals surface area contributed by atoms with Gasteiger partial charge in [0.2, 0.25) is 0 Å². The minimum Gasteiger partial charge on any atom is -0.322 e. The summed E-state index contributed by atoms with van der Waals surface area (Å²) >= 11 is 3.42. The predicted octanol–water partition coefficient (Wildman–Crippen LogP) is 5.36. The van der Waals surface area contributed by atoms with Crippen LogP contribution in [0.1, 0.15) is 36.5 Å². The number of benzene rings is 2. The normalized spacial score (nSPS) is 17.5. The molecule has 1 aliphatic heterocycles. The SMILES string of the molecule is CC1CCN=C(N(CC(=O)c2ccc(Br)cc2)c2ccccc2)CC1. The number of anilines is 1. The summed E-state index contributed by atoms with van der Waals surface area (Å²) in [5.41, 5.74) is 1.76. The third kappa shape index (κ3) is 4.79. The number of hydrogen-bond donors (Lipinski definition) is 0. The summed E-state index contributed by atoms with van der Waals surface area (Å²) in [6.07, 6.45) is 3.16. The lowest BCUT2D eigenvalue weighted by Gasteiger charge is -2.25. The van der Waals surface area contributed by atoms with E-state index in [1.807, 2.05) is 54.6 Å². The first-order chi connectivity index (χ1) is 12.1. The zero-order valence-corrected chi connectivity index (χ0v) is 16.1. The minimum absolute atomic E-state index is 0.108. The molecule has 0 saturated heterocycles. The molecule has 3 nitrogen and oxygen atoms in total. The number of amidine groups is 1. The summed E-state index contributed by atoms with van der Waals surface area (Å²) in [6, 6.07) is 17.7. The van der Waals surface area contributed by atoms with Crippen molar-refractivity contribution in [1.82, 2.24) is 0 Å². The van der Waals surface area contributed by atoms with Gasteiger partial charge in [-0.05, 0) is 43.0 Å². The van der Waals surface area contributed by atoms with Gasteiger partial charge in [-0.25, -0.2) is 0 Å². The van der Waals surface area contributed by atoms with Crippen LogP contribution in [-0.4, -0.2) is 24.7 Å². The summed E-state index contributed by atoms with van der Waals surface area (Å²) in [5, 5.41) is 0. The number of aliphatic imine (C=N–C) groups is 1. The van der Waals surface area contributed by atoms with E-state index < -0.39 is 0 Å². The smallest absolute Gasteiger partial charge is 0.182 e. The standard InChI is InChI=1S/C21H23BrN2O/c1-16-7-12-21(23-14-13-16)24(19-5-3-2-4-6-19)15-20(25)17-8-10-18(22)11-9-17/h2-6,8-11,16H,7,12-15H2,1H3. The number of nitrogens with zero attached hydrogens (tertiary/aromatic N) is 2. The third-order valence-corrected chi connectivity index (χ3v) is 5.15. The zero-order valence-electron chi connectivity index (χ0n) is 14.5. The van der Waals surface area contributed by atoms with Gasteiger partial charge in [-0.2, -0.15) is 0 Å². The fourth-order valence-corrected chi connectivity index (χ4v) is 3.31. The highest BCUT2D eigenvalue weighted by Gasteiger charge is 2.20. The maximum absolute atomic E-state index is 12.8. The topological polar surface area (TPSA) is 32.7 Å². The van der Waals surface area contributed by atoms with Crippen LogP contribution in [0.4, 0.5) is 5.69 Å². The largest absolute Gasteiger partial charge is 0.322 e. The second-order valence-electron chi connectivity index (χ2n) is 6.58. The number of rotatable bonds is 4. The van der Waals surface area contributed by atoms with Gasteiger partial charge in [0.15, 0.2) is 5.78 Å². The van der Waals surface area contributed by atoms with Crippen LogP contribution in [0.5, 0.6) is 0 Å².